The van der Waals surface area contributed by atoms with Crippen molar-refractivity contribution in [1.82, 2.24) is 19.9 Å². The van der Waals surface area contributed by atoms with Crippen molar-refractivity contribution < 1.29 is 9.90 Å². The average molecular weight is 286 g/mol. The molecule has 2 aromatic heterocycles. The van der Waals surface area contributed by atoms with Gasteiger partial charge in [-0.2, -0.15) is 9.97 Å². The van der Waals surface area contributed by atoms with Crippen molar-refractivity contribution in [2.75, 3.05) is 17.2 Å². The highest BCUT2D eigenvalue weighted by molar-refractivity contribution is 6.01. The van der Waals surface area contributed by atoms with Crippen LogP contribution in [0, 0.1) is 5.92 Å². The van der Waals surface area contributed by atoms with Crippen LogP contribution in [0.2, 0.25) is 0 Å². The zero-order valence-electron chi connectivity index (χ0n) is 11.2. The van der Waals surface area contributed by atoms with Crippen molar-refractivity contribution in [3.8, 4) is 0 Å². The second-order valence-electron chi connectivity index (χ2n) is 4.80. The van der Waals surface area contributed by atoms with Gasteiger partial charge >= 0.3 is 0 Å². The van der Waals surface area contributed by atoms with Gasteiger partial charge in [0.05, 0.1) is 18.5 Å². The Morgan fingerprint density at radius 1 is 1.48 bits per heavy atom. The van der Waals surface area contributed by atoms with Gasteiger partial charge in [0.15, 0.2) is 17.0 Å². The van der Waals surface area contributed by atoms with Crippen molar-refractivity contribution in [3.63, 3.8) is 0 Å². The van der Waals surface area contributed by atoms with Crippen molar-refractivity contribution in [1.29, 1.82) is 0 Å². The largest absolute Gasteiger partial charge is 0.390 e. The highest BCUT2D eigenvalue weighted by atomic mass is 16.3. The maximum atomic E-state index is 12.1. The number of carbonyl (C=O) groups is 1. The third-order valence-electron chi connectivity index (χ3n) is 3.36. The predicted molar refractivity (Wildman–Crippen MR) is 76.1 cm³/mol. The monoisotopic (exact) mass is 286 g/mol. The van der Waals surface area contributed by atoms with Gasteiger partial charge in [0.1, 0.15) is 0 Å². The molecule has 0 spiro atoms. The van der Waals surface area contributed by atoms with Crippen LogP contribution in [0.3, 0.4) is 0 Å². The van der Waals surface area contributed by atoms with Gasteiger partial charge in [-0.15, -0.1) is 6.58 Å². The minimum Gasteiger partial charge on any atom is -0.390 e. The van der Waals surface area contributed by atoms with Crippen LogP contribution in [0.5, 0.6) is 0 Å². The second-order valence-corrected chi connectivity index (χ2v) is 4.80. The number of fused-ring (bicyclic) bond motifs is 1. The molecule has 0 radical (unpaired) electrons. The number of nitrogen functional groups attached to an aromatic ring is 1. The Labute approximate surface area is 120 Å². The number of carbonyl (C=O) groups excluding carboxylic acids is 1. The first-order valence-corrected chi connectivity index (χ1v) is 6.45. The molecule has 2 aromatic rings. The lowest BCUT2D eigenvalue weighted by molar-refractivity contribution is -0.117. The van der Waals surface area contributed by atoms with E-state index in [-0.39, 0.29) is 24.4 Å². The van der Waals surface area contributed by atoms with E-state index in [4.69, 9.17) is 5.73 Å². The SMILES string of the molecule is C=CC1CC(=O)N(c2nc(N)nc3ncc(CO)nc23)C1. The first-order valence-electron chi connectivity index (χ1n) is 6.45. The number of aromatic nitrogens is 4. The number of hydrogen-bond acceptors (Lipinski definition) is 7. The fourth-order valence-corrected chi connectivity index (χ4v) is 2.31. The molecule has 8 heteroatoms. The maximum Gasteiger partial charge on any atom is 0.228 e. The molecule has 3 rings (SSSR count). The van der Waals surface area contributed by atoms with E-state index >= 15 is 0 Å². The Hall–Kier alpha value is -2.61. The summed E-state index contributed by atoms with van der Waals surface area (Å²) in [5.74, 6) is 0.348. The van der Waals surface area contributed by atoms with E-state index in [1.807, 2.05) is 0 Å². The number of nitrogens with two attached hydrogens (primary N) is 1. The van der Waals surface area contributed by atoms with Gasteiger partial charge in [-0.25, -0.2) is 9.97 Å². The van der Waals surface area contributed by atoms with Gasteiger partial charge in [0, 0.05) is 18.9 Å². The summed E-state index contributed by atoms with van der Waals surface area (Å²) in [6.07, 6.45) is 3.54. The molecule has 3 heterocycles. The van der Waals surface area contributed by atoms with Crippen LogP contribution in [0.25, 0.3) is 11.2 Å². The van der Waals surface area contributed by atoms with Crippen LogP contribution in [0.15, 0.2) is 18.9 Å². The first kappa shape index (κ1) is 13.4. The number of aliphatic hydroxyl groups is 1. The first-order chi connectivity index (χ1) is 10.1. The number of aliphatic hydroxyl groups excluding tert-OH is 1. The van der Waals surface area contributed by atoms with Gasteiger partial charge in [0.25, 0.3) is 0 Å². The van der Waals surface area contributed by atoms with Crippen molar-refractivity contribution >= 4 is 28.8 Å². The van der Waals surface area contributed by atoms with E-state index in [0.717, 1.165) is 0 Å². The molecule has 0 aliphatic carbocycles. The van der Waals surface area contributed by atoms with E-state index in [2.05, 4.69) is 26.5 Å². The summed E-state index contributed by atoms with van der Waals surface area (Å²) in [4.78, 5) is 30.1. The molecule has 0 saturated carbocycles. The third kappa shape index (κ3) is 2.29. The van der Waals surface area contributed by atoms with E-state index in [0.29, 0.717) is 35.6 Å². The van der Waals surface area contributed by atoms with Crippen LogP contribution in [-0.4, -0.2) is 37.5 Å². The summed E-state index contributed by atoms with van der Waals surface area (Å²) in [7, 11) is 0. The van der Waals surface area contributed by atoms with Gasteiger partial charge in [-0.3, -0.25) is 9.69 Å². The van der Waals surface area contributed by atoms with Crippen LogP contribution in [-0.2, 0) is 11.4 Å². The van der Waals surface area contributed by atoms with Crippen molar-refractivity contribution in [2.24, 2.45) is 5.92 Å². The van der Waals surface area contributed by atoms with Gasteiger partial charge in [0.2, 0.25) is 11.9 Å². The summed E-state index contributed by atoms with van der Waals surface area (Å²) in [6, 6.07) is 0. The number of amides is 1. The van der Waals surface area contributed by atoms with Gasteiger partial charge < -0.3 is 10.8 Å². The van der Waals surface area contributed by atoms with Crippen LogP contribution in [0.4, 0.5) is 11.8 Å². The Morgan fingerprint density at radius 3 is 2.95 bits per heavy atom. The van der Waals surface area contributed by atoms with Crippen LogP contribution in [0.1, 0.15) is 12.1 Å². The Kier molecular flexibility index (Phi) is 3.22. The smallest absolute Gasteiger partial charge is 0.228 e. The Bertz CT molecular complexity index is 732. The summed E-state index contributed by atoms with van der Waals surface area (Å²) in [5, 5.41) is 9.18. The zero-order valence-corrected chi connectivity index (χ0v) is 11.2. The van der Waals surface area contributed by atoms with E-state index in [1.165, 1.54) is 11.1 Å². The molecular weight excluding hydrogens is 272 g/mol. The third-order valence-corrected chi connectivity index (χ3v) is 3.36. The zero-order chi connectivity index (χ0) is 15.0. The molecule has 1 saturated heterocycles. The molecule has 1 fully saturated rings. The molecule has 3 N–H and O–H groups in total. The number of hydrogen-bond donors (Lipinski definition) is 2. The molecular formula is C13H14N6O2. The van der Waals surface area contributed by atoms with E-state index < -0.39 is 0 Å². The van der Waals surface area contributed by atoms with Crippen molar-refractivity contribution in [2.45, 2.75) is 13.0 Å². The van der Waals surface area contributed by atoms with Crippen LogP contribution >= 0.6 is 0 Å². The molecule has 1 amide bonds. The minimum absolute atomic E-state index is 0.0263. The summed E-state index contributed by atoms with van der Waals surface area (Å²) in [5.41, 5.74) is 6.71. The molecule has 21 heavy (non-hydrogen) atoms. The number of rotatable bonds is 3. The molecule has 0 bridgehead atoms. The average Bonchev–Trinajstić information content (AvgIpc) is 2.87. The number of nitrogens with zero attached hydrogens (tertiary/aromatic N) is 5. The molecule has 8 nitrogen and oxygen atoms in total. The normalized spacial score (nSPS) is 18.4. The van der Waals surface area contributed by atoms with Crippen LogP contribution < -0.4 is 10.6 Å². The predicted octanol–water partition coefficient (Wildman–Crippen LogP) is 0.0332. The summed E-state index contributed by atoms with van der Waals surface area (Å²) < 4.78 is 0. The highest BCUT2D eigenvalue weighted by Crippen LogP contribution is 2.28. The van der Waals surface area contributed by atoms with E-state index in [1.54, 1.807) is 6.08 Å². The summed E-state index contributed by atoms with van der Waals surface area (Å²) in [6.45, 7) is 3.93. The quantitative estimate of drug-likeness (QED) is 0.764. The Morgan fingerprint density at radius 2 is 2.29 bits per heavy atom. The molecule has 1 atom stereocenters. The molecule has 1 aliphatic rings. The molecule has 1 unspecified atom stereocenters. The maximum absolute atomic E-state index is 12.1. The topological polar surface area (TPSA) is 118 Å². The lowest BCUT2D eigenvalue weighted by atomic mass is 10.1. The highest BCUT2D eigenvalue weighted by Gasteiger charge is 2.31. The fraction of sp³-hybridized carbons (Fsp3) is 0.308. The number of anilines is 2. The minimum atomic E-state index is -0.254. The molecule has 1 aliphatic heterocycles. The molecule has 0 aromatic carbocycles. The Balaban J connectivity index is 2.16. The van der Waals surface area contributed by atoms with E-state index in [9.17, 15) is 9.90 Å². The van der Waals surface area contributed by atoms with Crippen molar-refractivity contribution in [3.05, 3.63) is 24.5 Å². The lowest BCUT2D eigenvalue weighted by Gasteiger charge is -2.16. The summed E-state index contributed by atoms with van der Waals surface area (Å²) >= 11 is 0. The van der Waals surface area contributed by atoms with Gasteiger partial charge in [-0.05, 0) is 0 Å². The second kappa shape index (κ2) is 5.06. The van der Waals surface area contributed by atoms with Gasteiger partial charge in [-0.1, -0.05) is 6.08 Å². The fourth-order valence-electron chi connectivity index (χ4n) is 2.31. The molecule has 108 valence electrons. The lowest BCUT2D eigenvalue weighted by Crippen LogP contribution is -2.26. The standard InChI is InChI=1S/C13H14N6O2/c1-2-7-3-9(21)19(5-7)12-10-11(17-13(14)18-12)15-4-8(6-20)16-10/h2,4,7,20H,1,3,5-6H2,(H2,14,15,17,18).